The van der Waals surface area contributed by atoms with Crippen LogP contribution in [0.15, 0.2) is 47.1 Å². The molecule has 1 N–H and O–H groups in total. The van der Waals surface area contributed by atoms with Crippen molar-refractivity contribution >= 4 is 11.9 Å². The number of ether oxygens (including phenoxy) is 2. The van der Waals surface area contributed by atoms with Crippen molar-refractivity contribution in [2.24, 2.45) is 0 Å². The number of nitriles is 1. The molecule has 118 valence electrons. The van der Waals surface area contributed by atoms with Crippen LogP contribution in [0.5, 0.6) is 5.75 Å². The molecule has 23 heavy (non-hydrogen) atoms. The fourth-order valence-electron chi connectivity index (χ4n) is 1.61. The van der Waals surface area contributed by atoms with Gasteiger partial charge >= 0.3 is 5.97 Å². The smallest absolute Gasteiger partial charge is 0.344 e. The number of nitrogens with zero attached hydrogens (tertiary/aromatic N) is 1. The molecule has 2 rings (SSSR count). The molecule has 0 bridgehead atoms. The van der Waals surface area contributed by atoms with Gasteiger partial charge in [0.2, 0.25) is 0 Å². The molecule has 0 saturated carbocycles. The number of benzene rings is 1. The molecule has 0 saturated heterocycles. The quantitative estimate of drug-likeness (QED) is 0.775. The number of amides is 1. The van der Waals surface area contributed by atoms with Gasteiger partial charge in [0.15, 0.2) is 13.2 Å². The first-order chi connectivity index (χ1) is 11.2. The van der Waals surface area contributed by atoms with E-state index in [0.717, 1.165) is 0 Å². The molecule has 7 heteroatoms. The summed E-state index contributed by atoms with van der Waals surface area (Å²) in [5, 5.41) is 11.2. The second kappa shape index (κ2) is 8.24. The number of hydrogen-bond donors (Lipinski definition) is 1. The Morgan fingerprint density at radius 3 is 2.61 bits per heavy atom. The Labute approximate surface area is 132 Å². The lowest BCUT2D eigenvalue weighted by Crippen LogP contribution is -2.29. The Morgan fingerprint density at radius 2 is 1.96 bits per heavy atom. The lowest BCUT2D eigenvalue weighted by atomic mass is 10.2. The molecule has 0 aliphatic carbocycles. The first-order valence-corrected chi connectivity index (χ1v) is 6.75. The van der Waals surface area contributed by atoms with E-state index in [2.05, 4.69) is 5.32 Å². The van der Waals surface area contributed by atoms with Gasteiger partial charge in [-0.15, -0.1) is 0 Å². The zero-order chi connectivity index (χ0) is 16.5. The zero-order valence-electron chi connectivity index (χ0n) is 12.2. The van der Waals surface area contributed by atoms with Gasteiger partial charge in [-0.2, -0.15) is 5.26 Å². The van der Waals surface area contributed by atoms with Crippen molar-refractivity contribution in [2.75, 3.05) is 13.2 Å². The fraction of sp³-hybridized carbons (Fsp3) is 0.188. The Kier molecular flexibility index (Phi) is 5.77. The maximum atomic E-state index is 11.5. The molecular formula is C16H14N2O5. The topological polar surface area (TPSA) is 102 Å². The Bertz CT molecular complexity index is 686. The SMILES string of the molecule is N#Cc1ccc(OCC(=O)OCC(=O)NCc2ccco2)cc1. The van der Waals surface area contributed by atoms with Crippen LogP contribution < -0.4 is 10.1 Å². The van der Waals surface area contributed by atoms with Crippen LogP contribution in [0.1, 0.15) is 11.3 Å². The van der Waals surface area contributed by atoms with E-state index in [4.69, 9.17) is 19.2 Å². The van der Waals surface area contributed by atoms with Crippen LogP contribution >= 0.6 is 0 Å². The first-order valence-electron chi connectivity index (χ1n) is 6.75. The van der Waals surface area contributed by atoms with Gasteiger partial charge in [0.05, 0.1) is 24.4 Å². The van der Waals surface area contributed by atoms with E-state index in [1.807, 2.05) is 6.07 Å². The molecule has 0 unspecified atom stereocenters. The second-order valence-electron chi connectivity index (χ2n) is 4.44. The molecule has 1 amide bonds. The number of furan rings is 1. The van der Waals surface area contributed by atoms with Crippen molar-refractivity contribution in [3.05, 3.63) is 54.0 Å². The summed E-state index contributed by atoms with van der Waals surface area (Å²) in [7, 11) is 0. The van der Waals surface area contributed by atoms with Crippen molar-refractivity contribution in [2.45, 2.75) is 6.54 Å². The van der Waals surface area contributed by atoms with Gasteiger partial charge in [-0.25, -0.2) is 4.79 Å². The molecule has 2 aromatic rings. The highest BCUT2D eigenvalue weighted by Crippen LogP contribution is 2.11. The van der Waals surface area contributed by atoms with Crippen LogP contribution in [0.25, 0.3) is 0 Å². The number of nitrogens with one attached hydrogen (secondary N) is 1. The van der Waals surface area contributed by atoms with Gasteiger partial charge in [0.1, 0.15) is 11.5 Å². The number of carbonyl (C=O) groups excluding carboxylic acids is 2. The minimum Gasteiger partial charge on any atom is -0.482 e. The minimum absolute atomic E-state index is 0.227. The normalized spacial score (nSPS) is 9.70. The predicted octanol–water partition coefficient (Wildman–Crippen LogP) is 1.39. The summed E-state index contributed by atoms with van der Waals surface area (Å²) < 4.78 is 15.0. The summed E-state index contributed by atoms with van der Waals surface area (Å²) in [4.78, 5) is 23.0. The highest BCUT2D eigenvalue weighted by atomic mass is 16.6. The van der Waals surface area contributed by atoms with E-state index in [9.17, 15) is 9.59 Å². The highest BCUT2D eigenvalue weighted by Gasteiger charge is 2.09. The largest absolute Gasteiger partial charge is 0.482 e. The minimum atomic E-state index is -0.664. The lowest BCUT2D eigenvalue weighted by Gasteiger charge is -2.07. The van der Waals surface area contributed by atoms with Gasteiger partial charge < -0.3 is 19.2 Å². The Morgan fingerprint density at radius 1 is 1.17 bits per heavy atom. The molecular weight excluding hydrogens is 300 g/mol. The van der Waals surface area contributed by atoms with Crippen LogP contribution in [0.2, 0.25) is 0 Å². The molecule has 1 aromatic carbocycles. The van der Waals surface area contributed by atoms with E-state index in [0.29, 0.717) is 17.1 Å². The molecule has 0 aliphatic heterocycles. The third kappa shape index (κ3) is 5.55. The monoisotopic (exact) mass is 314 g/mol. The zero-order valence-corrected chi connectivity index (χ0v) is 12.2. The van der Waals surface area contributed by atoms with E-state index in [-0.39, 0.29) is 13.2 Å². The van der Waals surface area contributed by atoms with Gasteiger partial charge in [-0.1, -0.05) is 0 Å². The summed E-state index contributed by atoms with van der Waals surface area (Å²) in [6.07, 6.45) is 1.50. The first kappa shape index (κ1) is 16.1. The van der Waals surface area contributed by atoms with Crippen molar-refractivity contribution in [1.29, 1.82) is 5.26 Å². The average molecular weight is 314 g/mol. The third-order valence-corrected chi connectivity index (χ3v) is 2.74. The van der Waals surface area contributed by atoms with Crippen LogP contribution in [0.3, 0.4) is 0 Å². The van der Waals surface area contributed by atoms with Crippen LogP contribution in [-0.2, 0) is 20.9 Å². The average Bonchev–Trinajstić information content (AvgIpc) is 3.10. The molecule has 0 spiro atoms. The Hall–Kier alpha value is -3.27. The maximum absolute atomic E-state index is 11.5. The van der Waals surface area contributed by atoms with Crippen LogP contribution in [0.4, 0.5) is 0 Å². The number of carbonyl (C=O) groups is 2. The van der Waals surface area contributed by atoms with Crippen LogP contribution in [0, 0.1) is 11.3 Å². The Balaban J connectivity index is 1.64. The molecule has 7 nitrogen and oxygen atoms in total. The van der Waals surface area contributed by atoms with Gasteiger partial charge in [-0.3, -0.25) is 4.79 Å². The van der Waals surface area contributed by atoms with Gasteiger partial charge in [0, 0.05) is 0 Å². The van der Waals surface area contributed by atoms with E-state index in [1.54, 1.807) is 36.4 Å². The van der Waals surface area contributed by atoms with Crippen molar-refractivity contribution in [3.63, 3.8) is 0 Å². The van der Waals surface area contributed by atoms with Gasteiger partial charge in [-0.05, 0) is 36.4 Å². The summed E-state index contributed by atoms with van der Waals surface area (Å²) >= 11 is 0. The molecule has 0 radical (unpaired) electrons. The lowest BCUT2D eigenvalue weighted by molar-refractivity contribution is -0.150. The van der Waals surface area contributed by atoms with Gasteiger partial charge in [0.25, 0.3) is 5.91 Å². The third-order valence-electron chi connectivity index (χ3n) is 2.74. The molecule has 0 fully saturated rings. The predicted molar refractivity (Wildman–Crippen MR) is 78.2 cm³/mol. The molecule has 1 aromatic heterocycles. The molecule has 0 aliphatic rings. The fourth-order valence-corrected chi connectivity index (χ4v) is 1.61. The summed E-state index contributed by atoms with van der Waals surface area (Å²) in [6.45, 7) is -0.487. The van der Waals surface area contributed by atoms with Crippen molar-refractivity contribution < 1.29 is 23.5 Å². The van der Waals surface area contributed by atoms with Crippen molar-refractivity contribution in [3.8, 4) is 11.8 Å². The number of rotatable bonds is 7. The van der Waals surface area contributed by atoms with E-state index >= 15 is 0 Å². The standard InChI is InChI=1S/C16H14N2O5/c17-8-12-3-5-13(6-4-12)22-11-16(20)23-10-15(19)18-9-14-2-1-7-21-14/h1-7H,9-11H2,(H,18,19). The molecule has 1 heterocycles. The van der Waals surface area contributed by atoms with Crippen LogP contribution in [-0.4, -0.2) is 25.1 Å². The second-order valence-corrected chi connectivity index (χ2v) is 4.44. The van der Waals surface area contributed by atoms with E-state index in [1.165, 1.54) is 6.26 Å². The molecule has 0 atom stereocenters. The summed E-state index contributed by atoms with van der Waals surface area (Å²) in [6, 6.07) is 11.7. The number of hydrogen-bond acceptors (Lipinski definition) is 6. The maximum Gasteiger partial charge on any atom is 0.344 e. The van der Waals surface area contributed by atoms with Crippen molar-refractivity contribution in [1.82, 2.24) is 5.32 Å². The summed E-state index contributed by atoms with van der Waals surface area (Å²) in [5.74, 6) is -0.0623. The highest BCUT2D eigenvalue weighted by molar-refractivity contribution is 5.80. The van der Waals surface area contributed by atoms with E-state index < -0.39 is 18.5 Å². The number of esters is 1. The summed E-state index contributed by atoms with van der Waals surface area (Å²) in [5.41, 5.74) is 0.494.